The van der Waals surface area contributed by atoms with Crippen LogP contribution in [-0.4, -0.2) is 47.6 Å². The highest BCUT2D eigenvalue weighted by Gasteiger charge is 2.17. The van der Waals surface area contributed by atoms with Gasteiger partial charge in [-0.05, 0) is 41.6 Å². The van der Waals surface area contributed by atoms with E-state index in [9.17, 15) is 10.4 Å². The predicted octanol–water partition coefficient (Wildman–Crippen LogP) is 3.52. The molecule has 2 aromatic heterocycles. The maximum absolute atomic E-state index is 10.6. The normalized spacial score (nSPS) is 11.9. The molecule has 150 valence electrons. The van der Waals surface area contributed by atoms with E-state index in [4.69, 9.17) is 4.74 Å². The van der Waals surface area contributed by atoms with Crippen LogP contribution in [-0.2, 0) is 0 Å². The number of aliphatic hydroxyl groups excluding tert-OH is 1. The van der Waals surface area contributed by atoms with Crippen LogP contribution in [0.1, 0.15) is 12.7 Å². The van der Waals surface area contributed by atoms with Gasteiger partial charge in [-0.3, -0.25) is 0 Å². The zero-order chi connectivity index (χ0) is 20.9. The number of thioether (sulfide) groups is 1. The van der Waals surface area contributed by atoms with Crippen LogP contribution >= 0.6 is 11.8 Å². The molecule has 4 rings (SSSR count). The van der Waals surface area contributed by atoms with Crippen LogP contribution in [0.2, 0.25) is 0 Å². The number of fused-ring (bicyclic) bond motifs is 1. The molecule has 0 aliphatic carbocycles. The largest absolute Gasteiger partial charge is 0.510 e. The molecule has 10 heteroatoms. The first-order valence-corrected chi connectivity index (χ1v) is 10.1. The van der Waals surface area contributed by atoms with Crippen molar-refractivity contribution >= 4 is 28.4 Å². The minimum absolute atomic E-state index is 0.0763. The van der Waals surface area contributed by atoms with Crippen molar-refractivity contribution < 1.29 is 9.84 Å². The van der Waals surface area contributed by atoms with E-state index >= 15 is 0 Å². The molecule has 9 nitrogen and oxygen atoms in total. The summed E-state index contributed by atoms with van der Waals surface area (Å²) in [5, 5.41) is 32.4. The Balaban J connectivity index is 1.59. The molecule has 0 bridgehead atoms. The van der Waals surface area contributed by atoms with Gasteiger partial charge in [-0.25, -0.2) is 4.98 Å². The number of nitrogens with zero attached hydrogens (tertiary/aromatic N) is 6. The van der Waals surface area contributed by atoms with Gasteiger partial charge in [0.1, 0.15) is 28.8 Å². The Bertz CT molecular complexity index is 1220. The van der Waals surface area contributed by atoms with E-state index in [1.54, 1.807) is 0 Å². The van der Waals surface area contributed by atoms with Gasteiger partial charge in [0.05, 0.1) is 23.4 Å². The summed E-state index contributed by atoms with van der Waals surface area (Å²) in [5.41, 5.74) is 2.27. The Morgan fingerprint density at radius 3 is 2.83 bits per heavy atom. The number of nitrogens with one attached hydrogen (secondary N) is 1. The Morgan fingerprint density at radius 1 is 1.23 bits per heavy atom. The monoisotopic (exact) mass is 419 g/mol. The predicted molar refractivity (Wildman–Crippen MR) is 112 cm³/mol. The van der Waals surface area contributed by atoms with Crippen LogP contribution in [0.5, 0.6) is 5.75 Å². The lowest BCUT2D eigenvalue weighted by atomic mass is 10.2. The van der Waals surface area contributed by atoms with Gasteiger partial charge < -0.3 is 14.8 Å². The fourth-order valence-corrected chi connectivity index (χ4v) is 3.62. The molecule has 0 spiro atoms. The number of aliphatic hydroxyl groups is 1. The number of aromatic nitrogens is 6. The third-order valence-corrected chi connectivity index (χ3v) is 5.13. The van der Waals surface area contributed by atoms with E-state index in [0.717, 1.165) is 11.0 Å². The molecule has 30 heavy (non-hydrogen) atoms. The summed E-state index contributed by atoms with van der Waals surface area (Å²) >= 11 is 1.20. The van der Waals surface area contributed by atoms with Gasteiger partial charge in [0.15, 0.2) is 5.82 Å². The molecule has 4 aromatic rings. The molecule has 0 atom stereocenters. The van der Waals surface area contributed by atoms with E-state index in [2.05, 4.69) is 25.5 Å². The van der Waals surface area contributed by atoms with E-state index in [-0.39, 0.29) is 17.1 Å². The first-order chi connectivity index (χ1) is 14.7. The number of tetrazole rings is 1. The number of imidazole rings is 1. The lowest BCUT2D eigenvalue weighted by Gasteiger charge is -2.10. The van der Waals surface area contributed by atoms with E-state index in [0.29, 0.717) is 29.0 Å². The third-order valence-electron chi connectivity index (χ3n) is 4.20. The summed E-state index contributed by atoms with van der Waals surface area (Å²) in [7, 11) is 0. The first kappa shape index (κ1) is 19.5. The lowest BCUT2D eigenvalue weighted by Crippen LogP contribution is -2.04. The minimum Gasteiger partial charge on any atom is -0.510 e. The Kier molecular flexibility index (Phi) is 5.63. The molecule has 2 N–H and O–H groups in total. The molecule has 2 heterocycles. The van der Waals surface area contributed by atoms with Gasteiger partial charge in [0.2, 0.25) is 5.16 Å². The molecular weight excluding hydrogens is 402 g/mol. The SMILES string of the molecule is CCOc1ccccc1-n1nnnc1SC/C(O)=C(\C#N)c1nc2ccccc2[nH]1. The average Bonchev–Trinajstić information content (AvgIpc) is 3.40. The van der Waals surface area contributed by atoms with E-state index < -0.39 is 0 Å². The zero-order valence-corrected chi connectivity index (χ0v) is 16.8. The first-order valence-electron chi connectivity index (χ1n) is 9.12. The molecule has 0 aliphatic rings. The van der Waals surface area contributed by atoms with Crippen molar-refractivity contribution in [2.24, 2.45) is 0 Å². The van der Waals surface area contributed by atoms with Crippen LogP contribution in [0.4, 0.5) is 0 Å². The summed E-state index contributed by atoms with van der Waals surface area (Å²) in [6.07, 6.45) is 0. The summed E-state index contributed by atoms with van der Waals surface area (Å²) in [5.74, 6) is 0.943. The van der Waals surface area contributed by atoms with Crippen molar-refractivity contribution in [1.82, 2.24) is 30.2 Å². The van der Waals surface area contributed by atoms with Crippen LogP contribution in [0.3, 0.4) is 0 Å². The average molecular weight is 419 g/mol. The molecule has 0 unspecified atom stereocenters. The maximum Gasteiger partial charge on any atom is 0.214 e. The number of hydrogen-bond donors (Lipinski definition) is 2. The highest BCUT2D eigenvalue weighted by atomic mass is 32.2. The number of ether oxygens (including phenoxy) is 1. The Labute approximate surface area is 176 Å². The minimum atomic E-state index is -0.116. The van der Waals surface area contributed by atoms with Crippen molar-refractivity contribution in [3.05, 3.63) is 60.1 Å². The summed E-state index contributed by atoms with van der Waals surface area (Å²) in [6, 6.07) is 16.9. The summed E-state index contributed by atoms with van der Waals surface area (Å²) < 4.78 is 7.18. The zero-order valence-electron chi connectivity index (χ0n) is 16.0. The second-order valence-electron chi connectivity index (χ2n) is 6.10. The topological polar surface area (TPSA) is 126 Å². The molecule has 0 fully saturated rings. The van der Waals surface area contributed by atoms with Gasteiger partial charge in [0.25, 0.3) is 0 Å². The van der Waals surface area contributed by atoms with Crippen LogP contribution in [0, 0.1) is 11.3 Å². The van der Waals surface area contributed by atoms with Gasteiger partial charge in [-0.2, -0.15) is 9.94 Å². The number of benzene rings is 2. The standard InChI is InChI=1S/C20H17N7O2S/c1-2-29-18-10-6-5-9-16(18)27-20(24-25-26-27)30-12-17(28)13(11-21)19-22-14-7-3-4-8-15(14)23-19/h3-10,28H,2,12H2,1H3,(H,22,23)/b17-13-. The number of nitriles is 1. The van der Waals surface area contributed by atoms with Crippen molar-refractivity contribution in [2.75, 3.05) is 12.4 Å². The molecule has 0 amide bonds. The number of hydrogen-bond acceptors (Lipinski definition) is 8. The maximum atomic E-state index is 10.6. The fourth-order valence-electron chi connectivity index (χ4n) is 2.86. The molecule has 0 saturated carbocycles. The summed E-state index contributed by atoms with van der Waals surface area (Å²) in [6.45, 7) is 2.41. The lowest BCUT2D eigenvalue weighted by molar-refractivity contribution is 0.337. The molecular formula is C20H17N7O2S. The van der Waals surface area contributed by atoms with Gasteiger partial charge in [-0.1, -0.05) is 36.0 Å². The molecule has 0 saturated heterocycles. The van der Waals surface area contributed by atoms with Gasteiger partial charge >= 0.3 is 0 Å². The number of para-hydroxylation sites is 4. The number of H-pyrrole nitrogens is 1. The number of rotatable bonds is 7. The van der Waals surface area contributed by atoms with E-state index in [1.165, 1.54) is 16.4 Å². The Morgan fingerprint density at radius 2 is 2.03 bits per heavy atom. The van der Waals surface area contributed by atoms with Gasteiger partial charge in [0, 0.05) is 0 Å². The van der Waals surface area contributed by atoms with Gasteiger partial charge in [-0.15, -0.1) is 5.10 Å². The number of aromatic amines is 1. The van der Waals surface area contributed by atoms with Crippen molar-refractivity contribution in [2.45, 2.75) is 12.1 Å². The second kappa shape index (κ2) is 8.67. The molecule has 0 radical (unpaired) electrons. The van der Waals surface area contributed by atoms with Crippen LogP contribution in [0.15, 0.2) is 59.4 Å². The van der Waals surface area contributed by atoms with Crippen LogP contribution in [0.25, 0.3) is 22.3 Å². The highest BCUT2D eigenvalue weighted by molar-refractivity contribution is 7.99. The number of allylic oxidation sites excluding steroid dienone is 1. The second-order valence-corrected chi connectivity index (χ2v) is 7.04. The van der Waals surface area contributed by atoms with Crippen molar-refractivity contribution in [3.63, 3.8) is 0 Å². The smallest absolute Gasteiger partial charge is 0.214 e. The fraction of sp³-hybridized carbons (Fsp3) is 0.150. The summed E-state index contributed by atoms with van der Waals surface area (Å²) in [4.78, 5) is 7.44. The third kappa shape index (κ3) is 3.83. The van der Waals surface area contributed by atoms with E-state index in [1.807, 2.05) is 61.5 Å². The molecule has 2 aromatic carbocycles. The van der Waals surface area contributed by atoms with Crippen molar-refractivity contribution in [3.8, 4) is 17.5 Å². The highest BCUT2D eigenvalue weighted by Crippen LogP contribution is 2.28. The molecule has 0 aliphatic heterocycles. The van der Waals surface area contributed by atoms with Crippen LogP contribution < -0.4 is 4.74 Å². The van der Waals surface area contributed by atoms with Crippen molar-refractivity contribution in [1.29, 1.82) is 5.26 Å². The quantitative estimate of drug-likeness (QED) is 0.265. The Hall–Kier alpha value is -3.84.